The summed E-state index contributed by atoms with van der Waals surface area (Å²) in [6, 6.07) is 16.8. The molecule has 5 atom stereocenters. The molecule has 2 unspecified atom stereocenters. The number of likely N-dealkylation sites (tertiary alicyclic amines) is 1. The fourth-order valence-corrected chi connectivity index (χ4v) is 10.3. The van der Waals surface area contributed by atoms with Crippen LogP contribution in [-0.4, -0.2) is 82.6 Å². The van der Waals surface area contributed by atoms with Crippen molar-refractivity contribution in [2.24, 2.45) is 11.8 Å². The summed E-state index contributed by atoms with van der Waals surface area (Å²) >= 11 is 1.68. The van der Waals surface area contributed by atoms with Gasteiger partial charge in [0, 0.05) is 61.1 Å². The molecule has 0 radical (unpaired) electrons. The molecule has 1 spiro atoms. The van der Waals surface area contributed by atoms with Gasteiger partial charge in [-0.15, -0.1) is 24.9 Å². The molecule has 3 saturated heterocycles. The van der Waals surface area contributed by atoms with E-state index in [-0.39, 0.29) is 24.3 Å². The monoisotopic (exact) mass is 644 g/mol. The predicted octanol–water partition coefficient (Wildman–Crippen LogP) is 5.52. The minimum atomic E-state index is -0.737. The zero-order chi connectivity index (χ0) is 33.1. The van der Waals surface area contributed by atoms with Crippen molar-refractivity contribution >= 4 is 46.5 Å². The minimum Gasteiger partial charge on any atom is -0.396 e. The van der Waals surface area contributed by atoms with Crippen molar-refractivity contribution < 1.29 is 19.5 Å². The molecule has 2 aromatic rings. The highest BCUT2D eigenvalue weighted by Crippen LogP contribution is 2.71. The molecule has 2 bridgehead atoms. The fourth-order valence-electron chi connectivity index (χ4n) is 7.97. The van der Waals surface area contributed by atoms with Crippen molar-refractivity contribution in [1.29, 1.82) is 0 Å². The molecule has 3 aliphatic rings. The fraction of sp³-hybridized carbons (Fsp3) is 0.486. The molecule has 2 aromatic carbocycles. The van der Waals surface area contributed by atoms with E-state index >= 15 is 0 Å². The molecule has 9 heteroatoms. The molecule has 3 aliphatic heterocycles. The molecule has 3 amide bonds. The van der Waals surface area contributed by atoms with Gasteiger partial charge in [-0.3, -0.25) is 14.4 Å². The van der Waals surface area contributed by atoms with Crippen LogP contribution in [0.5, 0.6) is 0 Å². The third-order valence-electron chi connectivity index (χ3n) is 10.1. The lowest BCUT2D eigenvalue weighted by Gasteiger charge is -2.38. The molecular formula is C37H48N4O4S. The van der Waals surface area contributed by atoms with Gasteiger partial charge in [0.15, 0.2) is 0 Å². The number of nitrogens with zero attached hydrogens (tertiary/aromatic N) is 4. The normalized spacial score (nSPS) is 26.1. The van der Waals surface area contributed by atoms with E-state index in [1.54, 1.807) is 38.6 Å². The maximum atomic E-state index is 14.9. The number of rotatable bonds is 15. The number of amides is 3. The van der Waals surface area contributed by atoms with Crippen molar-refractivity contribution in [2.75, 3.05) is 54.0 Å². The second kappa shape index (κ2) is 14.1. The first-order valence-electron chi connectivity index (χ1n) is 16.6. The Morgan fingerprint density at radius 3 is 2.09 bits per heavy atom. The Morgan fingerprint density at radius 2 is 1.50 bits per heavy atom. The zero-order valence-corrected chi connectivity index (χ0v) is 28.3. The van der Waals surface area contributed by atoms with Crippen molar-refractivity contribution in [2.45, 2.75) is 62.0 Å². The average Bonchev–Trinajstić information content (AvgIpc) is 3.64. The second-order valence-corrected chi connectivity index (χ2v) is 14.6. The van der Waals surface area contributed by atoms with E-state index in [0.717, 1.165) is 36.6 Å². The Balaban J connectivity index is 1.55. The van der Waals surface area contributed by atoms with Crippen LogP contribution in [0.15, 0.2) is 79.9 Å². The Labute approximate surface area is 278 Å². The standard InChI is InChI=1S/C37H48N4O4S/c1-6-23-39(28-15-11-10-12-16-28)33(43)30-31-34(44)41(25-13-14-26-42)32(37(31)22-21-36(30,5)46-37)35(45)40(24-7-2)29-19-17-27(18-20-29)38(8-3)9-4/h6-7,10-12,15-20,30-32,42H,1-2,8-9,13-14,21-26H2,3-5H3/t30-,31+,32?,36+,37?/m1/s1. The third kappa shape index (κ3) is 5.77. The topological polar surface area (TPSA) is 84.4 Å². The quantitative estimate of drug-likeness (QED) is 0.203. The maximum Gasteiger partial charge on any atom is 0.251 e. The van der Waals surface area contributed by atoms with Crippen LogP contribution < -0.4 is 14.7 Å². The molecule has 3 heterocycles. The summed E-state index contributed by atoms with van der Waals surface area (Å²) in [5, 5.41) is 9.56. The smallest absolute Gasteiger partial charge is 0.251 e. The molecular weight excluding hydrogens is 596 g/mol. The molecule has 246 valence electrons. The number of carbonyl (C=O) groups excluding carboxylic acids is 3. The molecule has 1 N–H and O–H groups in total. The summed E-state index contributed by atoms with van der Waals surface area (Å²) in [5.41, 5.74) is 2.60. The Hall–Kier alpha value is -3.56. The van der Waals surface area contributed by atoms with Crippen LogP contribution in [0, 0.1) is 11.8 Å². The molecule has 8 nitrogen and oxygen atoms in total. The van der Waals surface area contributed by atoms with E-state index in [9.17, 15) is 19.5 Å². The van der Waals surface area contributed by atoms with E-state index in [0.29, 0.717) is 38.9 Å². The molecule has 5 rings (SSSR count). The van der Waals surface area contributed by atoms with Crippen LogP contribution in [-0.2, 0) is 14.4 Å². The molecule has 0 aromatic heterocycles. The van der Waals surface area contributed by atoms with Crippen molar-refractivity contribution in [1.82, 2.24) is 4.90 Å². The lowest BCUT2D eigenvalue weighted by molar-refractivity contribution is -0.139. The molecule has 3 fully saturated rings. The van der Waals surface area contributed by atoms with Crippen LogP contribution in [0.25, 0.3) is 0 Å². The number of thioether (sulfide) groups is 1. The van der Waals surface area contributed by atoms with Crippen molar-refractivity contribution in [3.63, 3.8) is 0 Å². The SMILES string of the molecule is C=CCN(C(=O)C1N(CCCCO)C(=O)[C@@H]2[C@H](C(=O)N(CC=C)c3ccccc3)[C@]3(C)CCC12S3)c1ccc(N(CC)CC)cc1. The van der Waals surface area contributed by atoms with Crippen LogP contribution >= 0.6 is 11.8 Å². The summed E-state index contributed by atoms with van der Waals surface area (Å²) in [5.74, 6) is -1.59. The molecule has 46 heavy (non-hydrogen) atoms. The van der Waals surface area contributed by atoms with Crippen molar-refractivity contribution in [3.8, 4) is 0 Å². The lowest BCUT2D eigenvalue weighted by atomic mass is 9.66. The zero-order valence-electron chi connectivity index (χ0n) is 27.4. The van der Waals surface area contributed by atoms with E-state index in [4.69, 9.17) is 0 Å². The summed E-state index contributed by atoms with van der Waals surface area (Å²) < 4.78 is -1.23. The van der Waals surface area contributed by atoms with Gasteiger partial charge in [-0.1, -0.05) is 30.4 Å². The highest BCUT2D eigenvalue weighted by atomic mass is 32.2. The number of hydrogen-bond acceptors (Lipinski definition) is 6. The highest BCUT2D eigenvalue weighted by Gasteiger charge is 2.77. The molecule has 0 aliphatic carbocycles. The Morgan fingerprint density at radius 1 is 0.913 bits per heavy atom. The average molecular weight is 645 g/mol. The summed E-state index contributed by atoms with van der Waals surface area (Å²) in [6.45, 7) is 16.9. The van der Waals surface area contributed by atoms with Crippen LogP contribution in [0.2, 0.25) is 0 Å². The minimum absolute atomic E-state index is 0.0121. The predicted molar refractivity (Wildman–Crippen MR) is 188 cm³/mol. The largest absolute Gasteiger partial charge is 0.396 e. The first kappa shape index (κ1) is 33.8. The van der Waals surface area contributed by atoms with Gasteiger partial charge >= 0.3 is 0 Å². The van der Waals surface area contributed by atoms with E-state index < -0.39 is 27.4 Å². The Kier molecular flexibility index (Phi) is 10.3. The third-order valence-corrected chi connectivity index (χ3v) is 12.1. The van der Waals surface area contributed by atoms with Gasteiger partial charge in [0.25, 0.3) is 5.91 Å². The second-order valence-electron chi connectivity index (χ2n) is 12.7. The lowest BCUT2D eigenvalue weighted by Crippen LogP contribution is -2.55. The summed E-state index contributed by atoms with van der Waals surface area (Å²) in [4.78, 5) is 51.6. The first-order valence-corrected chi connectivity index (χ1v) is 17.4. The van der Waals surface area contributed by atoms with E-state index in [1.165, 1.54) is 0 Å². The molecule has 0 saturated carbocycles. The summed E-state index contributed by atoms with van der Waals surface area (Å²) in [7, 11) is 0. The number of carbonyl (C=O) groups is 3. The van der Waals surface area contributed by atoms with Gasteiger partial charge in [-0.25, -0.2) is 0 Å². The Bertz CT molecular complexity index is 1430. The van der Waals surface area contributed by atoms with Gasteiger partial charge in [-0.05, 0) is 82.9 Å². The number of anilines is 3. The number of aliphatic hydroxyl groups excluding tert-OH is 1. The van der Waals surface area contributed by atoms with Crippen molar-refractivity contribution in [3.05, 3.63) is 79.9 Å². The van der Waals surface area contributed by atoms with E-state index in [2.05, 4.69) is 38.8 Å². The number of hydrogen-bond donors (Lipinski definition) is 1. The number of para-hydroxylation sites is 1. The van der Waals surface area contributed by atoms with Gasteiger partial charge in [-0.2, -0.15) is 0 Å². The highest BCUT2D eigenvalue weighted by molar-refractivity contribution is 8.02. The first-order chi connectivity index (χ1) is 22.2. The van der Waals surface area contributed by atoms with Gasteiger partial charge in [0.2, 0.25) is 11.8 Å². The maximum absolute atomic E-state index is 14.9. The number of unbranched alkanes of at least 4 members (excludes halogenated alkanes) is 1. The van der Waals surface area contributed by atoms with Gasteiger partial charge < -0.3 is 24.7 Å². The van der Waals surface area contributed by atoms with E-state index in [1.807, 2.05) is 54.6 Å². The van der Waals surface area contributed by atoms with Crippen LogP contribution in [0.1, 0.15) is 46.5 Å². The summed E-state index contributed by atoms with van der Waals surface area (Å²) in [6.07, 6.45) is 5.95. The van der Waals surface area contributed by atoms with Crippen LogP contribution in [0.3, 0.4) is 0 Å². The van der Waals surface area contributed by atoms with Gasteiger partial charge in [0.1, 0.15) is 6.04 Å². The number of benzene rings is 2. The van der Waals surface area contributed by atoms with Crippen LogP contribution in [0.4, 0.5) is 17.1 Å². The number of fused-ring (bicyclic) bond motifs is 1. The number of aliphatic hydroxyl groups is 1. The van der Waals surface area contributed by atoms with Gasteiger partial charge in [0.05, 0.1) is 16.6 Å².